The average molecular weight is 357 g/mol. The van der Waals surface area contributed by atoms with Crippen molar-refractivity contribution in [3.05, 3.63) is 72.4 Å². The topological polar surface area (TPSA) is 60.1 Å². The molecule has 5 rings (SSSR count). The third-order valence-corrected chi connectivity index (χ3v) is 5.10. The van der Waals surface area contributed by atoms with Crippen LogP contribution in [0.25, 0.3) is 28.1 Å². The fraction of sp³-hybridized carbons (Fsp3) is 0.182. The van der Waals surface area contributed by atoms with Crippen molar-refractivity contribution in [3.63, 3.8) is 0 Å². The molecule has 2 aromatic heterocycles. The summed E-state index contributed by atoms with van der Waals surface area (Å²) in [6.07, 6.45) is 5.27. The SMILES string of the molecule is O=C(NC1CCC1)c1ccc(-n2ccc(-c3cc4ccccc4o3)n2)cc1. The van der Waals surface area contributed by atoms with E-state index in [0.29, 0.717) is 11.6 Å². The number of para-hydroxylation sites is 1. The molecule has 5 heteroatoms. The second-order valence-corrected chi connectivity index (χ2v) is 6.94. The molecule has 1 N–H and O–H groups in total. The maximum absolute atomic E-state index is 12.2. The Morgan fingerprint density at radius 1 is 1.07 bits per heavy atom. The molecule has 2 aromatic carbocycles. The Balaban J connectivity index is 1.36. The molecule has 0 atom stereocenters. The third kappa shape index (κ3) is 3.01. The van der Waals surface area contributed by atoms with Crippen molar-refractivity contribution in [2.24, 2.45) is 0 Å². The van der Waals surface area contributed by atoms with Gasteiger partial charge < -0.3 is 9.73 Å². The molecule has 4 aromatic rings. The van der Waals surface area contributed by atoms with Gasteiger partial charge in [0.25, 0.3) is 5.91 Å². The molecule has 0 spiro atoms. The number of fused-ring (bicyclic) bond motifs is 1. The number of hydrogen-bond donors (Lipinski definition) is 1. The minimum atomic E-state index is -0.00493. The Hall–Kier alpha value is -3.34. The van der Waals surface area contributed by atoms with E-state index in [9.17, 15) is 4.79 Å². The molecule has 27 heavy (non-hydrogen) atoms. The molecule has 134 valence electrons. The highest BCUT2D eigenvalue weighted by Gasteiger charge is 2.20. The Morgan fingerprint density at radius 2 is 1.89 bits per heavy atom. The average Bonchev–Trinajstić information content (AvgIpc) is 3.31. The zero-order valence-corrected chi connectivity index (χ0v) is 14.8. The number of carbonyl (C=O) groups is 1. The predicted octanol–water partition coefficient (Wildman–Crippen LogP) is 4.57. The Morgan fingerprint density at radius 3 is 2.63 bits per heavy atom. The summed E-state index contributed by atoms with van der Waals surface area (Å²) in [6, 6.07) is 19.7. The second kappa shape index (κ2) is 6.43. The van der Waals surface area contributed by atoms with Gasteiger partial charge in [-0.2, -0.15) is 5.10 Å². The molecule has 1 saturated carbocycles. The Bertz CT molecular complexity index is 1070. The van der Waals surface area contributed by atoms with Crippen LogP contribution in [0.15, 0.2) is 71.3 Å². The highest BCUT2D eigenvalue weighted by Crippen LogP contribution is 2.27. The quantitative estimate of drug-likeness (QED) is 0.582. The maximum Gasteiger partial charge on any atom is 0.251 e. The molecule has 1 amide bonds. The largest absolute Gasteiger partial charge is 0.454 e. The van der Waals surface area contributed by atoms with E-state index in [4.69, 9.17) is 4.42 Å². The lowest BCUT2D eigenvalue weighted by atomic mass is 9.93. The summed E-state index contributed by atoms with van der Waals surface area (Å²) in [5, 5.41) is 8.73. The van der Waals surface area contributed by atoms with E-state index in [1.54, 1.807) is 4.68 Å². The minimum Gasteiger partial charge on any atom is -0.454 e. The molecule has 5 nitrogen and oxygen atoms in total. The summed E-state index contributed by atoms with van der Waals surface area (Å²) in [7, 11) is 0. The number of hydrogen-bond acceptors (Lipinski definition) is 3. The van der Waals surface area contributed by atoms with Crippen molar-refractivity contribution in [1.82, 2.24) is 15.1 Å². The van der Waals surface area contributed by atoms with Crippen LogP contribution in [-0.2, 0) is 0 Å². The van der Waals surface area contributed by atoms with Crippen LogP contribution in [-0.4, -0.2) is 21.7 Å². The molecule has 0 unspecified atom stereocenters. The van der Waals surface area contributed by atoms with Gasteiger partial charge in [-0.25, -0.2) is 4.68 Å². The van der Waals surface area contributed by atoms with Crippen LogP contribution in [0.4, 0.5) is 0 Å². The van der Waals surface area contributed by atoms with Crippen molar-refractivity contribution < 1.29 is 9.21 Å². The first-order valence-corrected chi connectivity index (χ1v) is 9.22. The van der Waals surface area contributed by atoms with Gasteiger partial charge in [0, 0.05) is 23.2 Å². The first-order valence-electron chi connectivity index (χ1n) is 9.22. The standard InChI is InChI=1S/C22H19N3O2/c26-22(23-17-5-3-6-17)15-8-10-18(11-9-15)25-13-12-19(24-25)21-14-16-4-1-2-7-20(16)27-21/h1-2,4,7-14,17H,3,5-6H2,(H,23,26). The summed E-state index contributed by atoms with van der Waals surface area (Å²) < 4.78 is 7.67. The van der Waals surface area contributed by atoms with E-state index in [2.05, 4.69) is 10.4 Å². The zero-order chi connectivity index (χ0) is 18.2. The molecule has 0 aliphatic heterocycles. The predicted molar refractivity (Wildman–Crippen MR) is 104 cm³/mol. The van der Waals surface area contributed by atoms with Crippen molar-refractivity contribution in [2.75, 3.05) is 0 Å². The van der Waals surface area contributed by atoms with Gasteiger partial charge in [0.05, 0.1) is 5.69 Å². The monoisotopic (exact) mass is 357 g/mol. The van der Waals surface area contributed by atoms with Crippen LogP contribution in [0.3, 0.4) is 0 Å². The molecule has 0 bridgehead atoms. The van der Waals surface area contributed by atoms with Gasteiger partial charge in [-0.3, -0.25) is 4.79 Å². The Labute approximate surface area is 156 Å². The van der Waals surface area contributed by atoms with E-state index in [1.807, 2.05) is 66.9 Å². The van der Waals surface area contributed by atoms with E-state index >= 15 is 0 Å². The smallest absolute Gasteiger partial charge is 0.251 e. The van der Waals surface area contributed by atoms with Crippen molar-refractivity contribution in [3.8, 4) is 17.1 Å². The van der Waals surface area contributed by atoms with E-state index in [-0.39, 0.29) is 5.91 Å². The highest BCUT2D eigenvalue weighted by molar-refractivity contribution is 5.94. The van der Waals surface area contributed by atoms with E-state index in [1.165, 1.54) is 6.42 Å². The fourth-order valence-electron chi connectivity index (χ4n) is 3.29. The number of carbonyl (C=O) groups excluding carboxylic acids is 1. The lowest BCUT2D eigenvalue weighted by Crippen LogP contribution is -2.39. The van der Waals surface area contributed by atoms with Gasteiger partial charge in [0.2, 0.25) is 0 Å². The molecule has 1 aliphatic rings. The number of nitrogens with one attached hydrogen (secondary N) is 1. The molecule has 1 fully saturated rings. The van der Waals surface area contributed by atoms with Gasteiger partial charge in [-0.1, -0.05) is 18.2 Å². The number of aromatic nitrogens is 2. The number of rotatable bonds is 4. The van der Waals surface area contributed by atoms with Gasteiger partial charge in [-0.15, -0.1) is 0 Å². The lowest BCUT2D eigenvalue weighted by molar-refractivity contribution is 0.0917. The van der Waals surface area contributed by atoms with Crippen molar-refractivity contribution in [2.45, 2.75) is 25.3 Å². The first kappa shape index (κ1) is 15.9. The summed E-state index contributed by atoms with van der Waals surface area (Å²) in [5.74, 6) is 0.737. The van der Waals surface area contributed by atoms with Crippen LogP contribution in [0.1, 0.15) is 29.6 Å². The molecular formula is C22H19N3O2. The first-order chi connectivity index (χ1) is 13.3. The number of benzene rings is 2. The number of nitrogens with zero attached hydrogens (tertiary/aromatic N) is 2. The zero-order valence-electron chi connectivity index (χ0n) is 14.8. The number of furan rings is 1. The summed E-state index contributed by atoms with van der Waals surface area (Å²) >= 11 is 0. The second-order valence-electron chi connectivity index (χ2n) is 6.94. The van der Waals surface area contributed by atoms with Crippen LogP contribution in [0, 0.1) is 0 Å². The maximum atomic E-state index is 12.2. The van der Waals surface area contributed by atoms with Gasteiger partial charge in [-0.05, 0) is 61.7 Å². The molecule has 0 saturated heterocycles. The van der Waals surface area contributed by atoms with Crippen LogP contribution in [0.5, 0.6) is 0 Å². The van der Waals surface area contributed by atoms with Crippen LogP contribution < -0.4 is 5.32 Å². The fourth-order valence-corrected chi connectivity index (χ4v) is 3.29. The third-order valence-electron chi connectivity index (χ3n) is 5.10. The van der Waals surface area contributed by atoms with Crippen molar-refractivity contribution >= 4 is 16.9 Å². The van der Waals surface area contributed by atoms with E-state index in [0.717, 1.165) is 41.0 Å². The van der Waals surface area contributed by atoms with Crippen LogP contribution in [0.2, 0.25) is 0 Å². The molecule has 0 radical (unpaired) electrons. The summed E-state index contributed by atoms with van der Waals surface area (Å²) in [6.45, 7) is 0. The van der Waals surface area contributed by atoms with Gasteiger partial charge in [0.15, 0.2) is 5.76 Å². The molecule has 1 aliphatic carbocycles. The Kier molecular flexibility index (Phi) is 3.78. The summed E-state index contributed by atoms with van der Waals surface area (Å²) in [4.78, 5) is 12.2. The molecular weight excluding hydrogens is 338 g/mol. The molecule has 2 heterocycles. The number of amides is 1. The van der Waals surface area contributed by atoms with Crippen LogP contribution >= 0.6 is 0 Å². The minimum absolute atomic E-state index is 0.00493. The van der Waals surface area contributed by atoms with Crippen molar-refractivity contribution in [1.29, 1.82) is 0 Å². The summed E-state index contributed by atoms with van der Waals surface area (Å²) in [5.41, 5.74) is 3.20. The highest BCUT2D eigenvalue weighted by atomic mass is 16.3. The van der Waals surface area contributed by atoms with E-state index < -0.39 is 0 Å². The normalized spacial score (nSPS) is 14.2. The van der Waals surface area contributed by atoms with Gasteiger partial charge >= 0.3 is 0 Å². The lowest BCUT2D eigenvalue weighted by Gasteiger charge is -2.26. The van der Waals surface area contributed by atoms with Gasteiger partial charge in [0.1, 0.15) is 11.3 Å².